The van der Waals surface area contributed by atoms with Crippen LogP contribution in [0.2, 0.25) is 0 Å². The number of rotatable bonds is 3. The van der Waals surface area contributed by atoms with Crippen LogP contribution in [0.15, 0.2) is 28.7 Å². The van der Waals surface area contributed by atoms with Crippen LogP contribution in [0.5, 0.6) is 0 Å². The molecule has 1 N–H and O–H groups in total. The van der Waals surface area contributed by atoms with Crippen LogP contribution in [-0.4, -0.2) is 0 Å². The first-order valence-corrected chi connectivity index (χ1v) is 5.00. The van der Waals surface area contributed by atoms with Gasteiger partial charge < -0.3 is 9.73 Å². The van der Waals surface area contributed by atoms with E-state index >= 15 is 0 Å². The van der Waals surface area contributed by atoms with E-state index in [2.05, 4.69) is 5.32 Å². The fraction of sp³-hybridized carbons (Fsp3) is 0.167. The summed E-state index contributed by atoms with van der Waals surface area (Å²) in [4.78, 5) is 0. The Bertz CT molecular complexity index is 513. The van der Waals surface area contributed by atoms with E-state index in [9.17, 15) is 13.2 Å². The molecule has 0 fully saturated rings. The van der Waals surface area contributed by atoms with Crippen molar-refractivity contribution >= 4 is 5.69 Å². The van der Waals surface area contributed by atoms with E-state index in [0.29, 0.717) is 23.7 Å². The monoisotopic (exact) mass is 241 g/mol. The topological polar surface area (TPSA) is 25.2 Å². The van der Waals surface area contributed by atoms with E-state index in [1.807, 2.05) is 0 Å². The zero-order valence-corrected chi connectivity index (χ0v) is 9.06. The van der Waals surface area contributed by atoms with Crippen molar-refractivity contribution in [3.63, 3.8) is 0 Å². The highest BCUT2D eigenvalue weighted by atomic mass is 19.1. The van der Waals surface area contributed by atoms with E-state index in [1.165, 1.54) is 0 Å². The lowest BCUT2D eigenvalue weighted by Gasteiger charge is -2.07. The smallest absolute Gasteiger partial charge is 0.152 e. The van der Waals surface area contributed by atoms with Gasteiger partial charge in [0.05, 0.1) is 6.54 Å². The quantitative estimate of drug-likeness (QED) is 0.887. The molecule has 0 aliphatic rings. The molecule has 2 nitrogen and oxygen atoms in total. The number of furan rings is 1. The van der Waals surface area contributed by atoms with Gasteiger partial charge >= 0.3 is 0 Å². The van der Waals surface area contributed by atoms with Crippen molar-refractivity contribution in [3.8, 4) is 0 Å². The lowest BCUT2D eigenvalue weighted by molar-refractivity contribution is 0.488. The van der Waals surface area contributed by atoms with Gasteiger partial charge in [0.15, 0.2) is 11.6 Å². The zero-order valence-electron chi connectivity index (χ0n) is 9.06. The Balaban J connectivity index is 2.14. The van der Waals surface area contributed by atoms with E-state index in [-0.39, 0.29) is 12.2 Å². The lowest BCUT2D eigenvalue weighted by atomic mass is 10.2. The summed E-state index contributed by atoms with van der Waals surface area (Å²) in [5.74, 6) is -1.62. The fourth-order valence-electron chi connectivity index (χ4n) is 1.47. The van der Waals surface area contributed by atoms with E-state index in [0.717, 1.165) is 0 Å². The zero-order chi connectivity index (χ0) is 12.4. The van der Waals surface area contributed by atoms with Gasteiger partial charge in [-0.1, -0.05) is 0 Å². The second kappa shape index (κ2) is 4.53. The Morgan fingerprint density at radius 1 is 1.12 bits per heavy atom. The number of benzene rings is 1. The Hall–Kier alpha value is -1.91. The van der Waals surface area contributed by atoms with Crippen LogP contribution in [0.3, 0.4) is 0 Å². The van der Waals surface area contributed by atoms with Crippen LogP contribution in [0, 0.1) is 24.4 Å². The molecule has 1 aromatic carbocycles. The third-order valence-electron chi connectivity index (χ3n) is 2.24. The molecule has 1 aromatic heterocycles. The first-order valence-electron chi connectivity index (χ1n) is 5.00. The maximum Gasteiger partial charge on any atom is 0.152 e. The number of aryl methyl sites for hydroxylation is 1. The molecule has 0 amide bonds. The van der Waals surface area contributed by atoms with Gasteiger partial charge in [-0.3, -0.25) is 0 Å². The molecule has 17 heavy (non-hydrogen) atoms. The van der Waals surface area contributed by atoms with Gasteiger partial charge in [0.1, 0.15) is 23.0 Å². The molecule has 90 valence electrons. The minimum Gasteiger partial charge on any atom is -0.465 e. The fourth-order valence-corrected chi connectivity index (χ4v) is 1.47. The second-order valence-electron chi connectivity index (χ2n) is 3.61. The molecule has 1 heterocycles. The normalized spacial score (nSPS) is 10.6. The highest BCUT2D eigenvalue weighted by molar-refractivity contribution is 5.46. The Labute approximate surface area is 96.1 Å². The van der Waals surface area contributed by atoms with Gasteiger partial charge in [0.25, 0.3) is 0 Å². The summed E-state index contributed by atoms with van der Waals surface area (Å²) in [6.07, 6.45) is 0. The van der Waals surface area contributed by atoms with Gasteiger partial charge in [0, 0.05) is 12.1 Å². The number of hydrogen-bond donors (Lipinski definition) is 1. The molecule has 0 spiro atoms. The summed E-state index contributed by atoms with van der Waals surface area (Å²) < 4.78 is 44.4. The van der Waals surface area contributed by atoms with Crippen molar-refractivity contribution in [1.82, 2.24) is 0 Å². The molecule has 0 aliphatic carbocycles. The van der Waals surface area contributed by atoms with Crippen molar-refractivity contribution in [2.75, 3.05) is 5.32 Å². The molecule has 0 radical (unpaired) electrons. The molecule has 0 saturated carbocycles. The molecule has 0 bridgehead atoms. The Morgan fingerprint density at radius 3 is 2.29 bits per heavy atom. The van der Waals surface area contributed by atoms with Crippen molar-refractivity contribution in [2.45, 2.75) is 13.5 Å². The molecule has 0 aliphatic heterocycles. The predicted octanol–water partition coefficient (Wildman–Crippen LogP) is 3.62. The summed E-state index contributed by atoms with van der Waals surface area (Å²) >= 11 is 0. The summed E-state index contributed by atoms with van der Waals surface area (Å²) in [5.41, 5.74) is -0.361. The molecular weight excluding hydrogens is 231 g/mol. The molecule has 2 aromatic rings. The average Bonchev–Trinajstić information content (AvgIpc) is 2.62. The first-order chi connectivity index (χ1) is 8.06. The van der Waals surface area contributed by atoms with Gasteiger partial charge in [-0.05, 0) is 19.1 Å². The largest absolute Gasteiger partial charge is 0.465 e. The van der Waals surface area contributed by atoms with Gasteiger partial charge in [-0.2, -0.15) is 0 Å². The second-order valence-corrected chi connectivity index (χ2v) is 3.61. The molecule has 0 saturated heterocycles. The van der Waals surface area contributed by atoms with Crippen molar-refractivity contribution in [2.24, 2.45) is 0 Å². The molecule has 0 unspecified atom stereocenters. The van der Waals surface area contributed by atoms with Crippen LogP contribution >= 0.6 is 0 Å². The third kappa shape index (κ3) is 2.61. The summed E-state index contributed by atoms with van der Waals surface area (Å²) in [7, 11) is 0. The number of anilines is 1. The van der Waals surface area contributed by atoms with E-state index in [1.54, 1.807) is 19.1 Å². The van der Waals surface area contributed by atoms with Crippen LogP contribution in [0.4, 0.5) is 18.9 Å². The molecule has 5 heteroatoms. The number of nitrogens with one attached hydrogen (secondary N) is 1. The Kier molecular flexibility index (Phi) is 3.08. The van der Waals surface area contributed by atoms with Gasteiger partial charge in [0.2, 0.25) is 0 Å². The maximum atomic E-state index is 13.2. The summed E-state index contributed by atoms with van der Waals surface area (Å²) in [6, 6.07) is 4.69. The molecular formula is C12H10F3NO. The van der Waals surface area contributed by atoms with Crippen LogP contribution in [0.25, 0.3) is 0 Å². The first kappa shape index (κ1) is 11.6. The van der Waals surface area contributed by atoms with Crippen LogP contribution in [0.1, 0.15) is 11.5 Å². The predicted molar refractivity (Wildman–Crippen MR) is 57.1 cm³/mol. The summed E-state index contributed by atoms with van der Waals surface area (Å²) in [6.45, 7) is 1.90. The van der Waals surface area contributed by atoms with Gasteiger partial charge in [-0.15, -0.1) is 0 Å². The highest BCUT2D eigenvalue weighted by Crippen LogP contribution is 2.21. The van der Waals surface area contributed by atoms with Crippen molar-refractivity contribution in [3.05, 3.63) is 53.2 Å². The minimum absolute atomic E-state index is 0.132. The SMILES string of the molecule is Cc1ccc(CNc2c(F)cc(F)cc2F)o1. The number of halogens is 3. The van der Waals surface area contributed by atoms with Crippen molar-refractivity contribution < 1.29 is 17.6 Å². The van der Waals surface area contributed by atoms with E-state index < -0.39 is 17.5 Å². The van der Waals surface area contributed by atoms with Crippen LogP contribution in [-0.2, 0) is 6.54 Å². The Morgan fingerprint density at radius 2 is 1.76 bits per heavy atom. The minimum atomic E-state index is -0.967. The summed E-state index contributed by atoms with van der Waals surface area (Å²) in [5, 5.41) is 2.53. The average molecular weight is 241 g/mol. The highest BCUT2D eigenvalue weighted by Gasteiger charge is 2.11. The number of hydrogen-bond acceptors (Lipinski definition) is 2. The van der Waals surface area contributed by atoms with Crippen molar-refractivity contribution in [1.29, 1.82) is 0 Å². The van der Waals surface area contributed by atoms with Gasteiger partial charge in [-0.25, -0.2) is 13.2 Å². The molecule has 0 atom stereocenters. The third-order valence-corrected chi connectivity index (χ3v) is 2.24. The van der Waals surface area contributed by atoms with E-state index in [4.69, 9.17) is 4.42 Å². The standard InChI is InChI=1S/C12H10F3NO/c1-7-2-3-9(17-7)6-16-12-10(14)4-8(13)5-11(12)15/h2-5,16H,6H2,1H3. The molecule has 2 rings (SSSR count). The lowest BCUT2D eigenvalue weighted by Crippen LogP contribution is -2.03. The maximum absolute atomic E-state index is 13.2. The van der Waals surface area contributed by atoms with Crippen LogP contribution < -0.4 is 5.32 Å².